The molecule has 2 aromatic carbocycles. The lowest BCUT2D eigenvalue weighted by atomic mass is 10.1. The molecule has 0 aromatic heterocycles. The Morgan fingerprint density at radius 1 is 0.950 bits per heavy atom. The van der Waals surface area contributed by atoms with Crippen LogP contribution in [0.4, 0.5) is 11.4 Å². The summed E-state index contributed by atoms with van der Waals surface area (Å²) in [6, 6.07) is 13.7. The van der Waals surface area contributed by atoms with E-state index in [9.17, 15) is 0 Å². The molecule has 20 heavy (non-hydrogen) atoms. The summed E-state index contributed by atoms with van der Waals surface area (Å²) in [5, 5.41) is 3.33. The number of nitrogens with one attached hydrogen (secondary N) is 1. The maximum atomic E-state index is 6.02. The minimum Gasteiger partial charge on any atom is -0.496 e. The third-order valence-electron chi connectivity index (χ3n) is 3.19. The van der Waals surface area contributed by atoms with Crippen LogP contribution >= 0.6 is 0 Å². The van der Waals surface area contributed by atoms with Gasteiger partial charge in [0.15, 0.2) is 0 Å². The Balaban J connectivity index is 1.99. The standard InChI is InChI=1S/C16H20N2O2/c1-19-14-8-4-3-6-12(14)10-11-18-13-7-5-9-15(20-2)16(13)17/h3-9,18H,10-11,17H2,1-2H3. The van der Waals surface area contributed by atoms with Crippen LogP contribution in [-0.2, 0) is 6.42 Å². The summed E-state index contributed by atoms with van der Waals surface area (Å²) < 4.78 is 10.5. The van der Waals surface area contributed by atoms with Gasteiger partial charge in [-0.05, 0) is 30.2 Å². The van der Waals surface area contributed by atoms with Gasteiger partial charge in [-0.3, -0.25) is 0 Å². The lowest BCUT2D eigenvalue weighted by Crippen LogP contribution is -2.08. The Kier molecular flexibility index (Phi) is 4.71. The van der Waals surface area contributed by atoms with Crippen LogP contribution in [-0.4, -0.2) is 20.8 Å². The molecule has 0 aliphatic heterocycles. The minimum absolute atomic E-state index is 0.634. The number of ether oxygens (including phenoxy) is 2. The normalized spacial score (nSPS) is 10.1. The first-order chi connectivity index (χ1) is 9.76. The highest BCUT2D eigenvalue weighted by atomic mass is 16.5. The Morgan fingerprint density at radius 3 is 2.40 bits per heavy atom. The van der Waals surface area contributed by atoms with Crippen LogP contribution < -0.4 is 20.5 Å². The summed E-state index contributed by atoms with van der Waals surface area (Å²) >= 11 is 0. The van der Waals surface area contributed by atoms with Gasteiger partial charge < -0.3 is 20.5 Å². The predicted molar refractivity (Wildman–Crippen MR) is 82.6 cm³/mol. The number of nitrogen functional groups attached to an aromatic ring is 1. The summed E-state index contributed by atoms with van der Waals surface area (Å²) in [4.78, 5) is 0. The van der Waals surface area contributed by atoms with Gasteiger partial charge in [0.1, 0.15) is 11.5 Å². The Labute approximate surface area is 119 Å². The van der Waals surface area contributed by atoms with Crippen molar-refractivity contribution in [2.45, 2.75) is 6.42 Å². The van der Waals surface area contributed by atoms with Gasteiger partial charge in [0.25, 0.3) is 0 Å². The molecule has 2 rings (SSSR count). The van der Waals surface area contributed by atoms with Crippen LogP contribution in [0.5, 0.6) is 11.5 Å². The van der Waals surface area contributed by atoms with Crippen LogP contribution in [0.2, 0.25) is 0 Å². The molecular formula is C16H20N2O2. The molecule has 0 amide bonds. The molecule has 2 aromatic rings. The summed E-state index contributed by atoms with van der Waals surface area (Å²) in [5.74, 6) is 1.60. The molecule has 0 unspecified atom stereocenters. The van der Waals surface area contributed by atoms with Gasteiger partial charge in [0.2, 0.25) is 0 Å². The van der Waals surface area contributed by atoms with E-state index in [0.29, 0.717) is 11.4 Å². The lowest BCUT2D eigenvalue weighted by Gasteiger charge is -2.13. The molecule has 4 nitrogen and oxygen atoms in total. The van der Waals surface area contributed by atoms with E-state index in [1.807, 2.05) is 36.4 Å². The smallest absolute Gasteiger partial charge is 0.143 e. The number of rotatable bonds is 6. The molecule has 0 saturated carbocycles. The number of nitrogens with two attached hydrogens (primary N) is 1. The second-order valence-electron chi connectivity index (χ2n) is 4.41. The van der Waals surface area contributed by atoms with Gasteiger partial charge in [0, 0.05) is 6.54 Å². The van der Waals surface area contributed by atoms with Gasteiger partial charge in [-0.2, -0.15) is 0 Å². The highest BCUT2D eigenvalue weighted by Crippen LogP contribution is 2.29. The monoisotopic (exact) mass is 272 g/mol. The van der Waals surface area contributed by atoms with E-state index in [1.165, 1.54) is 5.56 Å². The molecule has 0 aliphatic rings. The molecule has 0 heterocycles. The summed E-state index contributed by atoms with van der Waals surface area (Å²) in [6.45, 7) is 0.776. The first kappa shape index (κ1) is 14.1. The zero-order chi connectivity index (χ0) is 14.4. The van der Waals surface area contributed by atoms with E-state index in [0.717, 1.165) is 24.4 Å². The maximum Gasteiger partial charge on any atom is 0.143 e. The minimum atomic E-state index is 0.634. The third-order valence-corrected chi connectivity index (χ3v) is 3.19. The number of benzene rings is 2. The van der Waals surface area contributed by atoms with Crippen LogP contribution in [0.3, 0.4) is 0 Å². The molecule has 0 spiro atoms. The fraction of sp³-hybridized carbons (Fsp3) is 0.250. The highest BCUT2D eigenvalue weighted by molar-refractivity contribution is 5.72. The van der Waals surface area contributed by atoms with Gasteiger partial charge >= 0.3 is 0 Å². The highest BCUT2D eigenvalue weighted by Gasteiger charge is 2.05. The Hall–Kier alpha value is -2.36. The number of para-hydroxylation sites is 2. The summed E-state index contributed by atoms with van der Waals surface area (Å²) in [7, 11) is 3.30. The molecule has 3 N–H and O–H groups in total. The van der Waals surface area contributed by atoms with E-state index >= 15 is 0 Å². The van der Waals surface area contributed by atoms with Crippen molar-refractivity contribution >= 4 is 11.4 Å². The molecule has 0 atom stereocenters. The molecule has 0 radical (unpaired) electrons. The largest absolute Gasteiger partial charge is 0.496 e. The second kappa shape index (κ2) is 6.70. The lowest BCUT2D eigenvalue weighted by molar-refractivity contribution is 0.410. The number of hydrogen-bond acceptors (Lipinski definition) is 4. The number of methoxy groups -OCH3 is 2. The van der Waals surface area contributed by atoms with Crippen molar-refractivity contribution in [1.29, 1.82) is 0 Å². The first-order valence-electron chi connectivity index (χ1n) is 6.54. The van der Waals surface area contributed by atoms with Crippen molar-refractivity contribution < 1.29 is 9.47 Å². The van der Waals surface area contributed by atoms with Crippen molar-refractivity contribution in [3.63, 3.8) is 0 Å². The molecule has 0 bridgehead atoms. The van der Waals surface area contributed by atoms with Crippen LogP contribution in [0, 0.1) is 0 Å². The zero-order valence-electron chi connectivity index (χ0n) is 11.8. The Bertz CT molecular complexity index is 570. The van der Waals surface area contributed by atoms with Gasteiger partial charge in [-0.1, -0.05) is 24.3 Å². The fourth-order valence-electron chi connectivity index (χ4n) is 2.12. The zero-order valence-corrected chi connectivity index (χ0v) is 11.8. The Morgan fingerprint density at radius 2 is 1.65 bits per heavy atom. The van der Waals surface area contributed by atoms with Crippen molar-refractivity contribution in [1.82, 2.24) is 0 Å². The van der Waals surface area contributed by atoms with Crippen molar-refractivity contribution in [3.8, 4) is 11.5 Å². The fourth-order valence-corrected chi connectivity index (χ4v) is 2.12. The quantitative estimate of drug-likeness (QED) is 0.794. The van der Waals surface area contributed by atoms with E-state index in [1.54, 1.807) is 14.2 Å². The van der Waals surface area contributed by atoms with Crippen molar-refractivity contribution in [3.05, 3.63) is 48.0 Å². The molecule has 0 aliphatic carbocycles. The van der Waals surface area contributed by atoms with E-state index in [-0.39, 0.29) is 0 Å². The molecular weight excluding hydrogens is 252 g/mol. The van der Waals surface area contributed by atoms with Crippen LogP contribution in [0.25, 0.3) is 0 Å². The molecule has 4 heteroatoms. The number of hydrogen-bond donors (Lipinski definition) is 2. The van der Waals surface area contributed by atoms with Gasteiger partial charge in [-0.25, -0.2) is 0 Å². The topological polar surface area (TPSA) is 56.5 Å². The molecule has 106 valence electrons. The van der Waals surface area contributed by atoms with Crippen molar-refractivity contribution in [2.75, 3.05) is 31.8 Å². The van der Waals surface area contributed by atoms with Gasteiger partial charge in [-0.15, -0.1) is 0 Å². The predicted octanol–water partition coefficient (Wildman–Crippen LogP) is 2.94. The summed E-state index contributed by atoms with van der Waals surface area (Å²) in [5.41, 5.74) is 8.71. The summed E-state index contributed by atoms with van der Waals surface area (Å²) in [6.07, 6.45) is 0.862. The maximum absolute atomic E-state index is 6.02. The average Bonchev–Trinajstić information content (AvgIpc) is 2.49. The second-order valence-corrected chi connectivity index (χ2v) is 4.41. The van der Waals surface area contributed by atoms with Gasteiger partial charge in [0.05, 0.1) is 25.6 Å². The van der Waals surface area contributed by atoms with Crippen molar-refractivity contribution in [2.24, 2.45) is 0 Å². The number of anilines is 2. The van der Waals surface area contributed by atoms with E-state index in [2.05, 4.69) is 11.4 Å². The molecule has 0 fully saturated rings. The van der Waals surface area contributed by atoms with Crippen LogP contribution in [0.1, 0.15) is 5.56 Å². The SMILES string of the molecule is COc1ccccc1CCNc1cccc(OC)c1N. The van der Waals surface area contributed by atoms with E-state index in [4.69, 9.17) is 15.2 Å². The van der Waals surface area contributed by atoms with E-state index < -0.39 is 0 Å². The van der Waals surface area contributed by atoms with Crippen LogP contribution in [0.15, 0.2) is 42.5 Å². The average molecular weight is 272 g/mol. The third kappa shape index (κ3) is 3.15. The molecule has 0 saturated heterocycles. The first-order valence-corrected chi connectivity index (χ1v) is 6.54.